The predicted octanol–water partition coefficient (Wildman–Crippen LogP) is 3.36. The summed E-state index contributed by atoms with van der Waals surface area (Å²) in [6.07, 6.45) is 0. The minimum Gasteiger partial charge on any atom is -0.332 e. The second kappa shape index (κ2) is 5.83. The molecule has 0 unspecified atom stereocenters. The largest absolute Gasteiger partial charge is 0.332 e. The normalized spacial score (nSPS) is 10.2. The van der Waals surface area contributed by atoms with Gasteiger partial charge in [0.15, 0.2) is 10.9 Å². The zero-order chi connectivity index (χ0) is 14.7. The molecule has 0 aliphatic rings. The van der Waals surface area contributed by atoms with Crippen LogP contribution in [0.15, 0.2) is 24.3 Å². The van der Waals surface area contributed by atoms with Crippen molar-refractivity contribution in [2.24, 2.45) is 0 Å². The van der Waals surface area contributed by atoms with Gasteiger partial charge in [0, 0.05) is 25.2 Å². The van der Waals surface area contributed by atoms with Crippen LogP contribution in [-0.2, 0) is 4.79 Å². The number of nitrogens with zero attached hydrogens (tertiary/aromatic N) is 1. The maximum Gasteiger partial charge on any atom is 0.221 e. The lowest BCUT2D eigenvalue weighted by Crippen LogP contribution is -2.05. The first kappa shape index (κ1) is 14.2. The molecule has 0 atom stereocenters. The fourth-order valence-corrected chi connectivity index (χ4v) is 2.62. The molecule has 0 spiro atoms. The molecular weight excluding hydrogens is 274 g/mol. The van der Waals surface area contributed by atoms with Gasteiger partial charge in [-0.1, -0.05) is 11.3 Å². The van der Waals surface area contributed by atoms with Crippen LogP contribution in [0.2, 0.25) is 0 Å². The Labute approximate surface area is 121 Å². The van der Waals surface area contributed by atoms with E-state index in [1.165, 1.54) is 25.2 Å². The van der Waals surface area contributed by atoms with Crippen LogP contribution in [0.4, 0.5) is 16.5 Å². The Bertz CT molecular complexity index is 647. The number of aryl methyl sites for hydroxylation is 1. The standard InChI is InChI=1S/C14H15N3O2S/c1-8-13(9(2)18)20-14(15-8)17-12-6-4-11(5-7-12)16-10(3)19/h4-7H,1-3H3,(H,15,17)(H,16,19). The van der Waals surface area contributed by atoms with E-state index in [0.29, 0.717) is 10.0 Å². The van der Waals surface area contributed by atoms with E-state index in [9.17, 15) is 9.59 Å². The number of nitrogens with one attached hydrogen (secondary N) is 2. The maximum atomic E-state index is 11.4. The number of Topliss-reactive ketones (excluding diaryl/α,β-unsaturated/α-hetero) is 1. The smallest absolute Gasteiger partial charge is 0.221 e. The zero-order valence-electron chi connectivity index (χ0n) is 11.5. The van der Waals surface area contributed by atoms with E-state index < -0.39 is 0 Å². The van der Waals surface area contributed by atoms with Crippen molar-refractivity contribution in [1.82, 2.24) is 4.98 Å². The minimum absolute atomic E-state index is 0.0223. The van der Waals surface area contributed by atoms with E-state index in [0.717, 1.165) is 17.1 Å². The van der Waals surface area contributed by atoms with Gasteiger partial charge in [-0.25, -0.2) is 4.98 Å². The summed E-state index contributed by atoms with van der Waals surface area (Å²) in [5.41, 5.74) is 2.32. The Kier molecular flexibility index (Phi) is 4.14. The molecule has 2 rings (SSSR count). The van der Waals surface area contributed by atoms with E-state index in [2.05, 4.69) is 15.6 Å². The number of amides is 1. The number of carbonyl (C=O) groups is 2. The van der Waals surface area contributed by atoms with E-state index in [-0.39, 0.29) is 11.7 Å². The fourth-order valence-electron chi connectivity index (χ4n) is 1.74. The molecular formula is C14H15N3O2S. The number of hydrogen-bond acceptors (Lipinski definition) is 5. The predicted molar refractivity (Wildman–Crippen MR) is 80.9 cm³/mol. The van der Waals surface area contributed by atoms with Gasteiger partial charge in [-0.2, -0.15) is 0 Å². The summed E-state index contributed by atoms with van der Waals surface area (Å²) in [6.45, 7) is 4.82. The number of ketones is 1. The Morgan fingerprint density at radius 1 is 1.10 bits per heavy atom. The van der Waals surface area contributed by atoms with Gasteiger partial charge in [-0.05, 0) is 31.2 Å². The number of carbonyl (C=O) groups excluding carboxylic acids is 2. The summed E-state index contributed by atoms with van der Waals surface area (Å²) in [6, 6.07) is 7.29. The molecule has 0 aliphatic heterocycles. The molecule has 5 nitrogen and oxygen atoms in total. The van der Waals surface area contributed by atoms with Crippen molar-refractivity contribution in [3.63, 3.8) is 0 Å². The molecule has 0 saturated carbocycles. The topological polar surface area (TPSA) is 71.1 Å². The summed E-state index contributed by atoms with van der Waals surface area (Å²) < 4.78 is 0. The monoisotopic (exact) mass is 289 g/mol. The number of benzene rings is 1. The molecule has 6 heteroatoms. The molecule has 1 aromatic heterocycles. The van der Waals surface area contributed by atoms with E-state index in [1.54, 1.807) is 12.1 Å². The van der Waals surface area contributed by atoms with Gasteiger partial charge < -0.3 is 10.6 Å². The quantitative estimate of drug-likeness (QED) is 0.847. The number of hydrogen-bond donors (Lipinski definition) is 2. The average Bonchev–Trinajstić information content (AvgIpc) is 2.72. The average molecular weight is 289 g/mol. The van der Waals surface area contributed by atoms with E-state index >= 15 is 0 Å². The van der Waals surface area contributed by atoms with Gasteiger partial charge in [-0.15, -0.1) is 0 Å². The molecule has 0 bridgehead atoms. The molecule has 104 valence electrons. The summed E-state index contributed by atoms with van der Waals surface area (Å²) in [4.78, 5) is 27.3. The van der Waals surface area contributed by atoms with Crippen LogP contribution in [0.1, 0.15) is 29.2 Å². The third-order valence-corrected chi connectivity index (χ3v) is 3.75. The van der Waals surface area contributed by atoms with Gasteiger partial charge in [0.2, 0.25) is 5.91 Å². The lowest BCUT2D eigenvalue weighted by atomic mass is 10.3. The molecule has 1 aromatic carbocycles. The number of rotatable bonds is 4. The van der Waals surface area contributed by atoms with Crippen LogP contribution in [0.3, 0.4) is 0 Å². The molecule has 2 N–H and O–H groups in total. The van der Waals surface area contributed by atoms with Crippen LogP contribution >= 0.6 is 11.3 Å². The van der Waals surface area contributed by atoms with Crippen molar-refractivity contribution in [2.45, 2.75) is 20.8 Å². The second-order valence-corrected chi connectivity index (χ2v) is 5.37. The SMILES string of the molecule is CC(=O)Nc1ccc(Nc2nc(C)c(C(C)=O)s2)cc1. The van der Waals surface area contributed by atoms with Crippen LogP contribution in [-0.4, -0.2) is 16.7 Å². The summed E-state index contributed by atoms with van der Waals surface area (Å²) in [5, 5.41) is 6.52. The summed E-state index contributed by atoms with van der Waals surface area (Å²) in [7, 11) is 0. The number of anilines is 3. The first-order valence-electron chi connectivity index (χ1n) is 6.09. The molecule has 1 amide bonds. The second-order valence-electron chi connectivity index (χ2n) is 4.37. The molecule has 0 saturated heterocycles. The lowest BCUT2D eigenvalue weighted by Gasteiger charge is -2.05. The molecule has 1 heterocycles. The fraction of sp³-hybridized carbons (Fsp3) is 0.214. The number of thiazole rings is 1. The molecule has 20 heavy (non-hydrogen) atoms. The van der Waals surface area contributed by atoms with Crippen LogP contribution in [0, 0.1) is 6.92 Å². The van der Waals surface area contributed by atoms with Crippen LogP contribution in [0.5, 0.6) is 0 Å². The molecule has 0 fully saturated rings. The highest BCUT2D eigenvalue weighted by Crippen LogP contribution is 2.26. The van der Waals surface area contributed by atoms with Gasteiger partial charge in [0.05, 0.1) is 10.6 Å². The highest BCUT2D eigenvalue weighted by molar-refractivity contribution is 7.17. The van der Waals surface area contributed by atoms with Crippen molar-refractivity contribution in [2.75, 3.05) is 10.6 Å². The first-order valence-corrected chi connectivity index (χ1v) is 6.90. The van der Waals surface area contributed by atoms with Crippen LogP contribution in [0.25, 0.3) is 0 Å². The molecule has 0 aliphatic carbocycles. The minimum atomic E-state index is -0.104. The van der Waals surface area contributed by atoms with Gasteiger partial charge in [0.25, 0.3) is 0 Å². The Morgan fingerprint density at radius 3 is 2.20 bits per heavy atom. The number of aromatic nitrogens is 1. The van der Waals surface area contributed by atoms with Gasteiger partial charge in [0.1, 0.15) is 0 Å². The van der Waals surface area contributed by atoms with Crippen molar-refractivity contribution < 1.29 is 9.59 Å². The third-order valence-electron chi connectivity index (χ3n) is 2.57. The van der Waals surface area contributed by atoms with Crippen molar-refractivity contribution in [3.05, 3.63) is 34.8 Å². The van der Waals surface area contributed by atoms with Crippen molar-refractivity contribution in [3.8, 4) is 0 Å². The van der Waals surface area contributed by atoms with Crippen molar-refractivity contribution >= 4 is 39.5 Å². The van der Waals surface area contributed by atoms with Gasteiger partial charge >= 0.3 is 0 Å². The zero-order valence-corrected chi connectivity index (χ0v) is 12.3. The lowest BCUT2D eigenvalue weighted by molar-refractivity contribution is -0.114. The maximum absolute atomic E-state index is 11.4. The highest BCUT2D eigenvalue weighted by atomic mass is 32.1. The first-order chi connectivity index (χ1) is 9.45. The molecule has 2 aromatic rings. The third kappa shape index (κ3) is 3.42. The molecule has 0 radical (unpaired) electrons. The van der Waals surface area contributed by atoms with Crippen LogP contribution < -0.4 is 10.6 Å². The van der Waals surface area contributed by atoms with E-state index in [4.69, 9.17) is 0 Å². The summed E-state index contributed by atoms with van der Waals surface area (Å²) in [5.74, 6) is -0.0820. The summed E-state index contributed by atoms with van der Waals surface area (Å²) >= 11 is 1.34. The Balaban J connectivity index is 2.12. The van der Waals surface area contributed by atoms with Gasteiger partial charge in [-0.3, -0.25) is 9.59 Å². The van der Waals surface area contributed by atoms with E-state index in [1.807, 2.05) is 19.1 Å². The van der Waals surface area contributed by atoms with Crippen molar-refractivity contribution in [1.29, 1.82) is 0 Å². The highest BCUT2D eigenvalue weighted by Gasteiger charge is 2.11. The Hall–Kier alpha value is -2.21. The Morgan fingerprint density at radius 2 is 1.70 bits per heavy atom.